The number of rotatable bonds is 2. The van der Waals surface area contributed by atoms with Crippen LogP contribution in [-0.2, 0) is 14.0 Å². The summed E-state index contributed by atoms with van der Waals surface area (Å²) in [6, 6.07) is 0. The smallest absolute Gasteiger partial charge is 0.464 e. The number of esters is 1. The Kier molecular flexibility index (Phi) is 2.39. The van der Waals surface area contributed by atoms with Gasteiger partial charge in [0, 0.05) is 5.38 Å². The average Bonchev–Trinajstić information content (AvgIpc) is 2.80. The molecule has 1 aromatic rings. The highest BCUT2D eigenvalue weighted by Crippen LogP contribution is 2.36. The second kappa shape index (κ2) is 4.33. The molecule has 5 nitrogen and oxygen atoms in total. The van der Waals surface area contributed by atoms with E-state index in [0.717, 1.165) is 11.3 Å². The zero-order valence-electron chi connectivity index (χ0n) is 13.6. The minimum atomic E-state index is -2.78. The van der Waals surface area contributed by atoms with Crippen molar-refractivity contribution < 1.29 is 23.0 Å². The number of ether oxygens (including phenoxy) is 1. The van der Waals surface area contributed by atoms with Crippen molar-refractivity contribution in [3.63, 3.8) is 0 Å². The Morgan fingerprint density at radius 2 is 2.06 bits per heavy atom. The first-order valence-electron chi connectivity index (χ1n) is 6.96. The van der Waals surface area contributed by atoms with Crippen molar-refractivity contribution >= 4 is 30.0 Å². The van der Waals surface area contributed by atoms with Crippen LogP contribution in [0.25, 0.3) is 0 Å². The molecule has 0 aliphatic carbocycles. The molecule has 0 N–H and O–H groups in total. The lowest BCUT2D eigenvalue weighted by molar-refractivity contribution is 0.00578. The number of hydrogen-bond donors (Lipinski definition) is 0. The van der Waals surface area contributed by atoms with Gasteiger partial charge in [-0.3, -0.25) is 0 Å². The van der Waals surface area contributed by atoms with E-state index in [4.69, 9.17) is 13.4 Å². The largest absolute Gasteiger partial charge is 0.515 e. The van der Waals surface area contributed by atoms with Crippen molar-refractivity contribution in [3.8, 4) is 0 Å². The second-order valence-electron chi connectivity index (χ2n) is 5.06. The van der Waals surface area contributed by atoms with Crippen LogP contribution in [-0.4, -0.2) is 36.3 Å². The number of hydrogen-bond acceptors (Lipinski definition) is 6. The van der Waals surface area contributed by atoms with E-state index in [1.807, 2.05) is 27.7 Å². The van der Waals surface area contributed by atoms with E-state index >= 15 is 0 Å². The molecule has 0 atom stereocenters. The fourth-order valence-electron chi connectivity index (χ4n) is 1.50. The van der Waals surface area contributed by atoms with Crippen LogP contribution in [0.2, 0.25) is 0 Å². The molecule has 0 saturated carbocycles. The molecule has 1 saturated heterocycles. The Bertz CT molecular complexity index is 542. The molecule has 0 amide bonds. The zero-order valence-corrected chi connectivity index (χ0v) is 11.5. The topological polar surface area (TPSA) is 57.7 Å². The van der Waals surface area contributed by atoms with E-state index in [2.05, 4.69) is 9.72 Å². The van der Waals surface area contributed by atoms with Gasteiger partial charge < -0.3 is 14.0 Å². The Balaban J connectivity index is 2.13. The molecule has 18 heavy (non-hydrogen) atoms. The predicted octanol–water partition coefficient (Wildman–Crippen LogP) is 1.23. The maximum absolute atomic E-state index is 11.6. The average molecular weight is 272 g/mol. The van der Waals surface area contributed by atoms with E-state index in [9.17, 15) is 4.79 Å². The van der Waals surface area contributed by atoms with Crippen molar-refractivity contribution in [2.75, 3.05) is 7.04 Å². The van der Waals surface area contributed by atoms with Crippen molar-refractivity contribution in [3.05, 3.63) is 10.4 Å². The van der Waals surface area contributed by atoms with Gasteiger partial charge in [0.15, 0.2) is 0 Å². The van der Waals surface area contributed by atoms with E-state index in [1.54, 1.807) is 5.38 Å². The summed E-state index contributed by atoms with van der Waals surface area (Å²) in [7, 11) is -3.48. The van der Waals surface area contributed by atoms with E-state index in [0.29, 0.717) is 5.59 Å². The van der Waals surface area contributed by atoms with Crippen molar-refractivity contribution in [1.29, 1.82) is 0 Å². The highest BCUT2D eigenvalue weighted by Gasteiger charge is 2.52. The van der Waals surface area contributed by atoms with Crippen LogP contribution in [0.5, 0.6) is 0 Å². The summed E-state index contributed by atoms with van der Waals surface area (Å²) in [5, 5.41) is 1.55. The quantitative estimate of drug-likeness (QED) is 0.598. The molecular weight excluding hydrogens is 253 g/mol. The van der Waals surface area contributed by atoms with Crippen LogP contribution < -0.4 is 5.59 Å². The Labute approximate surface area is 115 Å². The van der Waals surface area contributed by atoms with Gasteiger partial charge in [-0.15, -0.1) is 11.3 Å². The molecule has 2 heterocycles. The molecule has 0 bridgehead atoms. The summed E-state index contributed by atoms with van der Waals surface area (Å²) in [6.45, 7) is 7.62. The van der Waals surface area contributed by atoms with Gasteiger partial charge >= 0.3 is 13.1 Å². The van der Waals surface area contributed by atoms with Crippen LogP contribution in [0.3, 0.4) is 0 Å². The molecule has 98 valence electrons. The van der Waals surface area contributed by atoms with Crippen molar-refractivity contribution in [2.45, 2.75) is 38.9 Å². The van der Waals surface area contributed by atoms with Gasteiger partial charge in [-0.1, -0.05) is 0 Å². The molecule has 1 fully saturated rings. The maximum atomic E-state index is 11.6. The number of carbonyl (C=O) groups excluding carboxylic acids is 1. The van der Waals surface area contributed by atoms with Gasteiger partial charge in [-0.25, -0.2) is 9.78 Å². The summed E-state index contributed by atoms with van der Waals surface area (Å²) in [5.41, 5.74) is -0.600. The highest BCUT2D eigenvalue weighted by molar-refractivity contribution is 7.12. The number of nitrogens with zero attached hydrogens (tertiary/aromatic N) is 1. The monoisotopic (exact) mass is 272 g/mol. The minimum Gasteiger partial charge on any atom is -0.464 e. The summed E-state index contributed by atoms with van der Waals surface area (Å²) in [4.78, 5) is 15.7. The number of aromatic nitrogens is 1. The van der Waals surface area contributed by atoms with Crippen LogP contribution in [0, 0.1) is 0 Å². The molecule has 1 aliphatic rings. The normalized spacial score (nSPS) is 24.2. The van der Waals surface area contributed by atoms with Crippen LogP contribution in [0.4, 0.5) is 0 Å². The zero-order chi connectivity index (χ0) is 16.1. The molecular formula is C11H16BNO4S. The summed E-state index contributed by atoms with van der Waals surface area (Å²) < 4.78 is 36.6. The molecule has 1 aliphatic heterocycles. The lowest BCUT2D eigenvalue weighted by Crippen LogP contribution is -2.41. The Morgan fingerprint density at radius 3 is 2.61 bits per heavy atom. The number of thiazole rings is 1. The fraction of sp³-hybridized carbons (Fsp3) is 0.636. The van der Waals surface area contributed by atoms with Crippen molar-refractivity contribution in [1.82, 2.24) is 4.98 Å². The summed E-state index contributed by atoms with van der Waals surface area (Å²) >= 11 is 0.990. The van der Waals surface area contributed by atoms with E-state index in [-0.39, 0.29) is 5.01 Å². The van der Waals surface area contributed by atoms with Gasteiger partial charge in [-0.2, -0.15) is 0 Å². The molecule has 0 unspecified atom stereocenters. The number of methoxy groups -OCH3 is 1. The third-order valence-electron chi connectivity index (χ3n) is 3.28. The summed E-state index contributed by atoms with van der Waals surface area (Å²) in [5.74, 6) is -0.984. The van der Waals surface area contributed by atoms with Gasteiger partial charge in [0.1, 0.15) is 0 Å². The van der Waals surface area contributed by atoms with Gasteiger partial charge in [0.05, 0.1) is 27.9 Å². The second-order valence-corrected chi connectivity index (χ2v) is 5.91. The lowest BCUT2D eigenvalue weighted by Gasteiger charge is -2.32. The predicted molar refractivity (Wildman–Crippen MR) is 69.2 cm³/mol. The third-order valence-corrected chi connectivity index (χ3v) is 4.12. The fourth-order valence-corrected chi connectivity index (χ4v) is 2.19. The van der Waals surface area contributed by atoms with E-state index in [1.165, 1.54) is 0 Å². The first-order valence-corrected chi connectivity index (χ1v) is 6.34. The van der Waals surface area contributed by atoms with Gasteiger partial charge in [0.2, 0.25) is 5.01 Å². The van der Waals surface area contributed by atoms with Gasteiger partial charge in [-0.05, 0) is 27.7 Å². The SMILES string of the molecule is [2H]C([2H])([2H])OC(=O)c1nc(B2OC(C)(C)C(C)(C)O2)cs1. The third kappa shape index (κ3) is 2.18. The summed E-state index contributed by atoms with van der Waals surface area (Å²) in [6.07, 6.45) is 0. The molecule has 0 radical (unpaired) electrons. The molecule has 0 spiro atoms. The molecule has 2 rings (SSSR count). The lowest BCUT2D eigenvalue weighted by atomic mass is 9.86. The Hall–Kier alpha value is -0.915. The first kappa shape index (κ1) is 9.94. The van der Waals surface area contributed by atoms with Gasteiger partial charge in [0.25, 0.3) is 0 Å². The number of carbonyl (C=O) groups is 1. The molecule has 7 heteroatoms. The first-order chi connectivity index (χ1) is 9.41. The Morgan fingerprint density at radius 1 is 1.44 bits per heavy atom. The molecule has 0 aromatic carbocycles. The maximum Gasteiger partial charge on any atom is 0.515 e. The highest BCUT2D eigenvalue weighted by atomic mass is 32.1. The standard InChI is InChI=1S/C11H16BNO4S/c1-10(2)11(3,4)17-12(16-10)7-6-18-8(13-7)9(14)15-5/h6H,1-5H3/i5D3. The minimum absolute atomic E-state index is 0.0455. The van der Waals surface area contributed by atoms with Crippen molar-refractivity contribution in [2.24, 2.45) is 0 Å². The van der Waals surface area contributed by atoms with Crippen LogP contribution >= 0.6 is 11.3 Å². The van der Waals surface area contributed by atoms with E-state index < -0.39 is 31.3 Å². The van der Waals surface area contributed by atoms with Crippen LogP contribution in [0.1, 0.15) is 41.6 Å². The molecule has 1 aromatic heterocycles. The van der Waals surface area contributed by atoms with Crippen LogP contribution in [0.15, 0.2) is 5.38 Å².